The van der Waals surface area contributed by atoms with Crippen LogP contribution in [0.2, 0.25) is 5.02 Å². The Morgan fingerprint density at radius 1 is 1.18 bits per heavy atom. The molecule has 2 aromatic carbocycles. The molecule has 0 aliphatic heterocycles. The van der Waals surface area contributed by atoms with Gasteiger partial charge in [0.15, 0.2) is 11.6 Å². The Bertz CT molecular complexity index is 1260. The van der Waals surface area contributed by atoms with E-state index in [1.54, 1.807) is 24.3 Å². The molecule has 2 aromatic heterocycles. The summed E-state index contributed by atoms with van der Waals surface area (Å²) in [5.41, 5.74) is 2.44. The third-order valence-corrected chi connectivity index (χ3v) is 4.57. The molecule has 1 amide bonds. The standard InChI is InChI=1S/C21H14ClN5O/c1-13-9-19(25-18-8-3-2-7-17(13)18)27-20(15(11-23)12-24-27)26-21(28)14-5-4-6-16(22)10-14/h2-10,12H,1H3,(H,26,28). The maximum Gasteiger partial charge on any atom is 0.256 e. The predicted molar refractivity (Wildman–Crippen MR) is 108 cm³/mol. The first-order valence-electron chi connectivity index (χ1n) is 8.48. The van der Waals surface area contributed by atoms with E-state index in [0.29, 0.717) is 16.4 Å². The minimum absolute atomic E-state index is 0.239. The van der Waals surface area contributed by atoms with Crippen LogP contribution in [0.4, 0.5) is 5.82 Å². The molecule has 4 aromatic rings. The molecule has 1 N–H and O–H groups in total. The van der Waals surface area contributed by atoms with Gasteiger partial charge < -0.3 is 5.32 Å². The minimum atomic E-state index is -0.390. The summed E-state index contributed by atoms with van der Waals surface area (Å²) in [6, 6.07) is 18.3. The number of rotatable bonds is 3. The molecule has 0 saturated carbocycles. The average Bonchev–Trinajstić information content (AvgIpc) is 3.10. The molecule has 0 atom stereocenters. The van der Waals surface area contributed by atoms with Gasteiger partial charge in [0.05, 0.1) is 11.7 Å². The summed E-state index contributed by atoms with van der Waals surface area (Å²) in [6.45, 7) is 1.98. The van der Waals surface area contributed by atoms with Gasteiger partial charge in [0.2, 0.25) is 0 Å². The van der Waals surface area contributed by atoms with Crippen LogP contribution in [0.5, 0.6) is 0 Å². The van der Waals surface area contributed by atoms with Gasteiger partial charge >= 0.3 is 0 Å². The second-order valence-electron chi connectivity index (χ2n) is 6.21. The number of nitriles is 1. The van der Waals surface area contributed by atoms with Crippen molar-refractivity contribution in [1.29, 1.82) is 5.26 Å². The Kier molecular flexibility index (Phi) is 4.52. The number of hydrogen-bond donors (Lipinski definition) is 1. The lowest BCUT2D eigenvalue weighted by molar-refractivity contribution is 0.102. The lowest BCUT2D eigenvalue weighted by Crippen LogP contribution is -2.16. The Balaban J connectivity index is 1.79. The van der Waals surface area contributed by atoms with E-state index in [0.717, 1.165) is 16.5 Å². The summed E-state index contributed by atoms with van der Waals surface area (Å²) in [6.07, 6.45) is 1.40. The first-order chi connectivity index (χ1) is 13.6. The molecule has 0 spiro atoms. The van der Waals surface area contributed by atoms with E-state index in [4.69, 9.17) is 11.6 Å². The van der Waals surface area contributed by atoms with Crippen molar-refractivity contribution in [3.05, 3.63) is 82.5 Å². The summed E-state index contributed by atoms with van der Waals surface area (Å²) in [7, 11) is 0. The van der Waals surface area contributed by atoms with Crippen molar-refractivity contribution >= 4 is 34.2 Å². The average molecular weight is 388 g/mol. The third-order valence-electron chi connectivity index (χ3n) is 4.33. The van der Waals surface area contributed by atoms with Gasteiger partial charge in [-0.3, -0.25) is 4.79 Å². The number of nitrogens with zero attached hydrogens (tertiary/aromatic N) is 4. The van der Waals surface area contributed by atoms with Gasteiger partial charge in [0.25, 0.3) is 5.91 Å². The number of anilines is 1. The topological polar surface area (TPSA) is 83.6 Å². The molecule has 0 fully saturated rings. The van der Waals surface area contributed by atoms with Crippen LogP contribution in [0.3, 0.4) is 0 Å². The molecule has 0 radical (unpaired) electrons. The number of pyridine rings is 1. The molecule has 4 rings (SSSR count). The van der Waals surface area contributed by atoms with E-state index < -0.39 is 5.91 Å². The summed E-state index contributed by atoms with van der Waals surface area (Å²) in [5, 5.41) is 17.9. The Morgan fingerprint density at radius 3 is 2.79 bits per heavy atom. The zero-order chi connectivity index (χ0) is 19.7. The van der Waals surface area contributed by atoms with Crippen LogP contribution < -0.4 is 5.32 Å². The van der Waals surface area contributed by atoms with Gasteiger partial charge in [-0.25, -0.2) is 4.98 Å². The predicted octanol–water partition coefficient (Wildman–Crippen LogP) is 4.51. The van der Waals surface area contributed by atoms with Crippen molar-refractivity contribution in [2.45, 2.75) is 6.92 Å². The molecular formula is C21H14ClN5O. The molecule has 136 valence electrons. The second kappa shape index (κ2) is 7.14. The third kappa shape index (κ3) is 3.20. The lowest BCUT2D eigenvalue weighted by Gasteiger charge is -2.11. The summed E-state index contributed by atoms with van der Waals surface area (Å²) in [5.74, 6) is 0.381. The van der Waals surface area contributed by atoms with Crippen molar-refractivity contribution in [2.75, 3.05) is 5.32 Å². The van der Waals surface area contributed by atoms with Gasteiger partial charge in [-0.05, 0) is 42.8 Å². The molecule has 0 saturated heterocycles. The Hall–Kier alpha value is -3.69. The highest BCUT2D eigenvalue weighted by Gasteiger charge is 2.18. The van der Waals surface area contributed by atoms with Crippen LogP contribution in [0.1, 0.15) is 21.5 Å². The zero-order valence-electron chi connectivity index (χ0n) is 14.8. The number of carbonyl (C=O) groups excluding carboxylic acids is 1. The minimum Gasteiger partial charge on any atom is -0.305 e. The van der Waals surface area contributed by atoms with E-state index in [1.165, 1.54) is 10.9 Å². The molecule has 7 heteroatoms. The van der Waals surface area contributed by atoms with Crippen LogP contribution in [-0.4, -0.2) is 20.7 Å². The van der Waals surface area contributed by atoms with Gasteiger partial charge in [-0.1, -0.05) is 35.9 Å². The van der Waals surface area contributed by atoms with Crippen LogP contribution in [0, 0.1) is 18.3 Å². The summed E-state index contributed by atoms with van der Waals surface area (Å²) < 4.78 is 1.46. The van der Waals surface area contributed by atoms with Crippen molar-refractivity contribution in [1.82, 2.24) is 14.8 Å². The van der Waals surface area contributed by atoms with Crippen molar-refractivity contribution in [2.24, 2.45) is 0 Å². The number of hydrogen-bond acceptors (Lipinski definition) is 4. The van der Waals surface area contributed by atoms with Crippen molar-refractivity contribution in [3.63, 3.8) is 0 Å². The SMILES string of the molecule is Cc1cc(-n2ncc(C#N)c2NC(=O)c2cccc(Cl)c2)nc2ccccc12. The van der Waals surface area contributed by atoms with Crippen LogP contribution in [0.15, 0.2) is 60.8 Å². The van der Waals surface area contributed by atoms with Crippen molar-refractivity contribution < 1.29 is 4.79 Å². The number of aromatic nitrogens is 3. The molecule has 2 heterocycles. The Labute approximate surface area is 166 Å². The second-order valence-corrected chi connectivity index (χ2v) is 6.65. The number of fused-ring (bicyclic) bond motifs is 1. The molecular weight excluding hydrogens is 374 g/mol. The van der Waals surface area contributed by atoms with Crippen LogP contribution >= 0.6 is 11.6 Å². The lowest BCUT2D eigenvalue weighted by atomic mass is 10.1. The number of amides is 1. The molecule has 0 bridgehead atoms. The fraction of sp³-hybridized carbons (Fsp3) is 0.0476. The molecule has 6 nitrogen and oxygen atoms in total. The van der Waals surface area contributed by atoms with E-state index in [1.807, 2.05) is 37.3 Å². The van der Waals surface area contributed by atoms with E-state index >= 15 is 0 Å². The number of halogens is 1. The monoisotopic (exact) mass is 387 g/mol. The van der Waals surface area contributed by atoms with Gasteiger partial charge in [-0.2, -0.15) is 15.0 Å². The van der Waals surface area contributed by atoms with E-state index in [2.05, 4.69) is 21.5 Å². The van der Waals surface area contributed by atoms with E-state index in [9.17, 15) is 10.1 Å². The first-order valence-corrected chi connectivity index (χ1v) is 8.86. The highest BCUT2D eigenvalue weighted by atomic mass is 35.5. The highest BCUT2D eigenvalue weighted by molar-refractivity contribution is 6.31. The maximum absolute atomic E-state index is 12.7. The fourth-order valence-electron chi connectivity index (χ4n) is 2.97. The molecule has 0 aliphatic rings. The molecule has 0 unspecified atom stereocenters. The fourth-order valence-corrected chi connectivity index (χ4v) is 3.16. The quantitative estimate of drug-likeness (QED) is 0.560. The van der Waals surface area contributed by atoms with Gasteiger partial charge in [0, 0.05) is 16.0 Å². The Morgan fingerprint density at radius 2 is 2.00 bits per heavy atom. The van der Waals surface area contributed by atoms with Crippen LogP contribution in [0.25, 0.3) is 16.7 Å². The maximum atomic E-state index is 12.7. The number of carbonyl (C=O) groups is 1. The molecule has 28 heavy (non-hydrogen) atoms. The van der Waals surface area contributed by atoms with Crippen LogP contribution in [-0.2, 0) is 0 Å². The number of benzene rings is 2. The van der Waals surface area contributed by atoms with Crippen molar-refractivity contribution in [3.8, 4) is 11.9 Å². The molecule has 0 aliphatic carbocycles. The van der Waals surface area contributed by atoms with Gasteiger partial charge in [0.1, 0.15) is 11.6 Å². The highest BCUT2D eigenvalue weighted by Crippen LogP contribution is 2.24. The largest absolute Gasteiger partial charge is 0.305 e. The number of aryl methyl sites for hydroxylation is 1. The first kappa shape index (κ1) is 17.7. The summed E-state index contributed by atoms with van der Waals surface area (Å²) in [4.78, 5) is 17.3. The van der Waals surface area contributed by atoms with Gasteiger partial charge in [-0.15, -0.1) is 0 Å². The normalized spacial score (nSPS) is 10.6. The zero-order valence-corrected chi connectivity index (χ0v) is 15.6. The smallest absolute Gasteiger partial charge is 0.256 e. The summed E-state index contributed by atoms with van der Waals surface area (Å²) >= 11 is 5.97. The number of para-hydroxylation sites is 1. The van der Waals surface area contributed by atoms with E-state index in [-0.39, 0.29) is 11.4 Å². The number of nitrogens with one attached hydrogen (secondary N) is 1.